The van der Waals surface area contributed by atoms with Crippen LogP contribution in [0.15, 0.2) is 61.2 Å². The molecule has 1 atom stereocenters. The van der Waals surface area contributed by atoms with E-state index in [1.165, 1.54) is 0 Å². The third-order valence-electron chi connectivity index (χ3n) is 6.31. The summed E-state index contributed by atoms with van der Waals surface area (Å²) in [7, 11) is 3.49. The number of rotatable bonds is 5. The van der Waals surface area contributed by atoms with Gasteiger partial charge in [-0.3, -0.25) is 14.5 Å². The monoisotopic (exact) mass is 469 g/mol. The third-order valence-corrected chi connectivity index (χ3v) is 6.31. The summed E-state index contributed by atoms with van der Waals surface area (Å²) in [4.78, 5) is 28.9. The molecule has 1 fully saturated rings. The minimum atomic E-state index is -0.222. The number of hydrogen-bond donors (Lipinski definition) is 1. The quantitative estimate of drug-likeness (QED) is 0.472. The third kappa shape index (κ3) is 4.57. The molecule has 0 unspecified atom stereocenters. The maximum Gasteiger partial charge on any atom is 0.255 e. The number of nitrogens with zero attached hydrogens (tertiary/aromatic N) is 6. The highest BCUT2D eigenvalue weighted by atomic mass is 16.5. The van der Waals surface area contributed by atoms with E-state index in [-0.39, 0.29) is 17.9 Å². The second-order valence-corrected chi connectivity index (χ2v) is 8.60. The van der Waals surface area contributed by atoms with E-state index in [0.29, 0.717) is 12.1 Å². The summed E-state index contributed by atoms with van der Waals surface area (Å²) < 4.78 is 7.13. The van der Waals surface area contributed by atoms with Crippen LogP contribution in [0.3, 0.4) is 0 Å². The van der Waals surface area contributed by atoms with Gasteiger partial charge in [0.1, 0.15) is 5.75 Å². The first-order valence-electron chi connectivity index (χ1n) is 11.6. The van der Waals surface area contributed by atoms with Crippen LogP contribution in [0.4, 0.5) is 5.95 Å². The molecule has 0 saturated carbocycles. The van der Waals surface area contributed by atoms with Gasteiger partial charge in [0.2, 0.25) is 5.95 Å². The van der Waals surface area contributed by atoms with Gasteiger partial charge in [0.05, 0.1) is 36.3 Å². The molecule has 0 bridgehead atoms. The largest absolute Gasteiger partial charge is 0.497 e. The van der Waals surface area contributed by atoms with Crippen molar-refractivity contribution in [3.05, 3.63) is 72.4 Å². The van der Waals surface area contributed by atoms with Crippen LogP contribution in [0, 0.1) is 0 Å². The minimum Gasteiger partial charge on any atom is -0.497 e. The number of anilines is 1. The molecule has 2 N–H and O–H groups in total. The van der Waals surface area contributed by atoms with Gasteiger partial charge in [-0.05, 0) is 49.1 Å². The number of likely N-dealkylation sites (tertiary alicyclic amines) is 1. The van der Waals surface area contributed by atoms with Crippen molar-refractivity contribution in [2.75, 3.05) is 19.4 Å². The van der Waals surface area contributed by atoms with E-state index in [9.17, 15) is 4.79 Å². The van der Waals surface area contributed by atoms with E-state index in [1.54, 1.807) is 30.4 Å². The first-order chi connectivity index (χ1) is 17.0. The number of carbonyl (C=O) groups excluding carboxylic acids is 1. The van der Waals surface area contributed by atoms with Crippen LogP contribution < -0.4 is 10.5 Å². The molecule has 35 heavy (non-hydrogen) atoms. The molecule has 1 aliphatic rings. The number of aryl methyl sites for hydroxylation is 1. The smallest absolute Gasteiger partial charge is 0.255 e. The van der Waals surface area contributed by atoms with Crippen molar-refractivity contribution in [3.8, 4) is 28.1 Å². The topological polar surface area (TPSA) is 112 Å². The fourth-order valence-corrected chi connectivity index (χ4v) is 4.55. The van der Waals surface area contributed by atoms with Gasteiger partial charge in [0.25, 0.3) is 5.91 Å². The van der Waals surface area contributed by atoms with Crippen LogP contribution in [0.5, 0.6) is 5.75 Å². The number of amides is 1. The highest BCUT2D eigenvalue weighted by molar-refractivity contribution is 5.94. The van der Waals surface area contributed by atoms with Gasteiger partial charge in [0.15, 0.2) is 0 Å². The molecule has 1 aliphatic heterocycles. The van der Waals surface area contributed by atoms with E-state index >= 15 is 0 Å². The molecular weight excluding hydrogens is 442 g/mol. The fraction of sp³-hybridized carbons (Fsp3) is 0.269. The summed E-state index contributed by atoms with van der Waals surface area (Å²) in [5.41, 5.74) is 10.7. The van der Waals surface area contributed by atoms with Crippen molar-refractivity contribution in [2.24, 2.45) is 7.05 Å². The van der Waals surface area contributed by atoms with E-state index in [0.717, 1.165) is 53.1 Å². The van der Waals surface area contributed by atoms with Crippen LogP contribution in [0.25, 0.3) is 22.4 Å². The molecule has 0 radical (unpaired) electrons. The molecule has 1 aromatic carbocycles. The maximum atomic E-state index is 13.6. The molecule has 0 aliphatic carbocycles. The Balaban J connectivity index is 1.48. The number of aromatic nitrogens is 5. The summed E-state index contributed by atoms with van der Waals surface area (Å²) in [5, 5.41) is 4.19. The van der Waals surface area contributed by atoms with E-state index < -0.39 is 0 Å². The lowest BCUT2D eigenvalue weighted by molar-refractivity contribution is 0.0606. The molecule has 0 spiro atoms. The second-order valence-electron chi connectivity index (χ2n) is 8.60. The predicted molar refractivity (Wildman–Crippen MR) is 132 cm³/mol. The van der Waals surface area contributed by atoms with Crippen LogP contribution in [-0.4, -0.2) is 49.2 Å². The van der Waals surface area contributed by atoms with Crippen LogP contribution >= 0.6 is 0 Å². The Morgan fingerprint density at radius 1 is 1.09 bits per heavy atom. The normalized spacial score (nSPS) is 15.7. The lowest BCUT2D eigenvalue weighted by Gasteiger charge is -2.36. The molecule has 1 amide bonds. The number of pyridine rings is 1. The number of carbonyl (C=O) groups is 1. The SMILES string of the molecule is COc1cccc(-c2cnc(N)nc2[C@H]2CCCCN2C(=O)c2ccc(-c3cnn(C)c3)nc2)c1. The van der Waals surface area contributed by atoms with Gasteiger partial charge >= 0.3 is 0 Å². The average Bonchev–Trinajstić information content (AvgIpc) is 3.34. The Morgan fingerprint density at radius 2 is 1.97 bits per heavy atom. The van der Waals surface area contributed by atoms with E-state index in [2.05, 4.69) is 20.1 Å². The van der Waals surface area contributed by atoms with Gasteiger partial charge in [-0.15, -0.1) is 0 Å². The Hall–Kier alpha value is -4.27. The van der Waals surface area contributed by atoms with Crippen molar-refractivity contribution in [1.82, 2.24) is 29.6 Å². The molecule has 9 nitrogen and oxygen atoms in total. The predicted octanol–water partition coefficient (Wildman–Crippen LogP) is 3.90. The molecular formula is C26H27N7O2. The summed E-state index contributed by atoms with van der Waals surface area (Å²) >= 11 is 0. The van der Waals surface area contributed by atoms with Crippen molar-refractivity contribution >= 4 is 11.9 Å². The zero-order valence-electron chi connectivity index (χ0n) is 19.8. The average molecular weight is 470 g/mol. The van der Waals surface area contributed by atoms with Crippen LogP contribution in [-0.2, 0) is 7.05 Å². The lowest BCUT2D eigenvalue weighted by atomic mass is 9.93. The molecule has 4 aromatic rings. The molecule has 4 heterocycles. The molecule has 9 heteroatoms. The van der Waals surface area contributed by atoms with Crippen LogP contribution in [0.2, 0.25) is 0 Å². The zero-order valence-corrected chi connectivity index (χ0v) is 19.8. The number of nitrogens with two attached hydrogens (primary N) is 1. The standard InChI is InChI=1S/C26H27N7O2/c1-32-16-19(14-30-32)22-10-9-18(13-28-22)25(34)33-11-4-3-8-23(33)24-21(15-29-26(27)31-24)17-6-5-7-20(12-17)35-2/h5-7,9-10,12-16,23H,3-4,8,11H2,1-2H3,(H2,27,29,31)/t23-/m1/s1. The Bertz CT molecular complexity index is 1350. The zero-order chi connectivity index (χ0) is 24.4. The van der Waals surface area contributed by atoms with Gasteiger partial charge in [-0.1, -0.05) is 12.1 Å². The number of piperidine rings is 1. The molecule has 178 valence electrons. The first kappa shape index (κ1) is 22.5. The van der Waals surface area contributed by atoms with E-state index in [1.807, 2.05) is 54.5 Å². The summed E-state index contributed by atoms with van der Waals surface area (Å²) in [6.45, 7) is 0.634. The van der Waals surface area contributed by atoms with Gasteiger partial charge in [-0.25, -0.2) is 9.97 Å². The number of nitrogen functional groups attached to an aromatic ring is 1. The highest BCUT2D eigenvalue weighted by Gasteiger charge is 2.32. The molecule has 5 rings (SSSR count). The molecule has 1 saturated heterocycles. The van der Waals surface area contributed by atoms with Gasteiger partial charge < -0.3 is 15.4 Å². The summed E-state index contributed by atoms with van der Waals surface area (Å²) in [5.74, 6) is 0.849. The van der Waals surface area contributed by atoms with Crippen LogP contribution in [0.1, 0.15) is 41.4 Å². The van der Waals surface area contributed by atoms with Crippen molar-refractivity contribution in [3.63, 3.8) is 0 Å². The maximum absolute atomic E-state index is 13.6. The minimum absolute atomic E-state index is 0.0753. The number of ether oxygens (including phenoxy) is 1. The second kappa shape index (κ2) is 9.54. The Kier molecular flexibility index (Phi) is 6.13. The summed E-state index contributed by atoms with van der Waals surface area (Å²) in [6, 6.07) is 11.2. The van der Waals surface area contributed by atoms with Crippen molar-refractivity contribution < 1.29 is 9.53 Å². The Morgan fingerprint density at radius 3 is 2.71 bits per heavy atom. The summed E-state index contributed by atoms with van der Waals surface area (Å²) in [6.07, 6.45) is 9.72. The first-order valence-corrected chi connectivity index (χ1v) is 11.6. The van der Waals surface area contributed by atoms with Crippen molar-refractivity contribution in [1.29, 1.82) is 0 Å². The fourth-order valence-electron chi connectivity index (χ4n) is 4.55. The van der Waals surface area contributed by atoms with Gasteiger partial charge in [-0.2, -0.15) is 5.10 Å². The lowest BCUT2D eigenvalue weighted by Crippen LogP contribution is -2.39. The number of benzene rings is 1. The van der Waals surface area contributed by atoms with E-state index in [4.69, 9.17) is 10.5 Å². The highest BCUT2D eigenvalue weighted by Crippen LogP contribution is 2.37. The Labute approximate surface area is 203 Å². The molecule has 3 aromatic heterocycles. The van der Waals surface area contributed by atoms with Crippen molar-refractivity contribution in [2.45, 2.75) is 25.3 Å². The number of hydrogen-bond acceptors (Lipinski definition) is 7. The van der Waals surface area contributed by atoms with Gasteiger partial charge in [0, 0.05) is 43.3 Å². The number of methoxy groups -OCH3 is 1.